The van der Waals surface area contributed by atoms with E-state index < -0.39 is 11.6 Å². The zero-order valence-corrected chi connectivity index (χ0v) is 85.1. The number of aromatic nitrogens is 8. The highest BCUT2D eigenvalue weighted by atomic mass is 79.9. The highest BCUT2D eigenvalue weighted by Crippen LogP contribution is 2.65. The van der Waals surface area contributed by atoms with Crippen molar-refractivity contribution in [2.24, 2.45) is 92.7 Å². The van der Waals surface area contributed by atoms with Gasteiger partial charge in [0, 0.05) is 126 Å². The lowest BCUT2D eigenvalue weighted by molar-refractivity contribution is -0.103. The molecule has 4 N–H and O–H groups in total. The standard InChI is InChI=1S/C26H27Cl2N3OS.C26H27F2N3OS.C25H24BrCl2N3OS.C25H24Cl3N3OS/c2*1-13-8-17-22(33-13)11-18-23(30-31(24(17)18)21-7-6-16(27)10-20(21)28)25(32)29-12-14-4-5-15-9-19(14)26(15,2)3;1-25(2)14-4-3-12(17(25)9-14)11-29-24(32)21-16-7-13-8-20(26)33-23(13)22(16)31(30-21)19-6-5-15(27)10-18(19)28;1-25(2)14-4-3-12(17(25)9-14)11-29-24(32)21-16-7-13-8-20(28)33-23(13)22(16)31(30-21)19-6-5-15(26)10-18(19)27/h2*6-8,10,14-15,19H,4-5,9,11-12H2,1-3H3,(H,29,32);2*5-6,8,10,12,14,17H,3-4,7,9,11H2,1-2H3,(H,29,32). The van der Waals surface area contributed by atoms with E-state index in [0.717, 1.165) is 156 Å². The fourth-order valence-electron chi connectivity index (χ4n) is 25.5. The second-order valence-corrected chi connectivity index (χ2v) is 50.6. The van der Waals surface area contributed by atoms with Crippen LogP contribution in [0.25, 0.3) is 66.4 Å². The van der Waals surface area contributed by atoms with Crippen molar-refractivity contribution in [1.29, 1.82) is 0 Å². The summed E-state index contributed by atoms with van der Waals surface area (Å²) in [6.07, 6.45) is 17.7. The van der Waals surface area contributed by atoms with Gasteiger partial charge in [0.1, 0.15) is 11.5 Å². The van der Waals surface area contributed by atoms with Crippen LogP contribution < -0.4 is 21.3 Å². The van der Waals surface area contributed by atoms with Crippen molar-refractivity contribution in [3.05, 3.63) is 223 Å². The Kier molecular flexibility index (Phi) is 23.8. The summed E-state index contributed by atoms with van der Waals surface area (Å²) < 4.78 is 37.0. The van der Waals surface area contributed by atoms with E-state index >= 15 is 0 Å². The SMILES string of the molecule is CC1(C)C2CCC(CNC(=O)c3nn(-c4ccc(Cl)cc4Cl)c4c3Cc3cc(Br)sc3-4)C1C2.CC1(C)C2CCC(CNC(=O)c3nn(-c4ccc(Cl)cc4Cl)c4c3Cc3cc(Cl)sc3-4)C1C2.Cc1cc2c(s1)Cc1c(C(=O)NCC3CCC4CC3C4(C)C)nn(-c3ccc(Cl)cc3Cl)c1-2.Cc1cc2c(s1)Cc1c(C(=O)NCC3CCC4CC3C4(C)C)nn(-c3ccc(F)cc3F)c1-2. The number of aryl methyl sites for hydroxylation is 2. The summed E-state index contributed by atoms with van der Waals surface area (Å²) in [4.78, 5) is 60.5. The number of carbonyl (C=O) groups excluding carboxylic acids is 4. The van der Waals surface area contributed by atoms with Crippen molar-refractivity contribution in [3.8, 4) is 66.4 Å². The molecule has 0 aliphatic heterocycles. The minimum absolute atomic E-state index is 0.0822. The first-order valence-corrected chi connectivity index (χ1v) is 52.8. The summed E-state index contributed by atoms with van der Waals surface area (Å²) in [7, 11) is 0. The fourth-order valence-corrected chi connectivity index (χ4v) is 32.1. The van der Waals surface area contributed by atoms with E-state index in [4.69, 9.17) is 96.5 Å². The summed E-state index contributed by atoms with van der Waals surface area (Å²) in [5, 5.41) is 35.0. The third-order valence-corrected chi connectivity index (χ3v) is 39.9. The molecule has 30 heteroatoms. The number of fused-ring (bicyclic) bond motifs is 20. The Bertz CT molecular complexity index is 5970. The molecule has 8 aromatic heterocycles. The minimum Gasteiger partial charge on any atom is -0.350 e. The number of amides is 4. The number of nitrogens with one attached hydrogen (secondary N) is 4. The fraction of sp³-hybridized carbons (Fsp3) is 0.451. The largest absolute Gasteiger partial charge is 0.350 e. The van der Waals surface area contributed by atoms with Gasteiger partial charge in [0.2, 0.25) is 0 Å². The summed E-state index contributed by atoms with van der Waals surface area (Å²) in [5.74, 6) is 6.45. The molecule has 16 aliphatic rings. The first-order chi connectivity index (χ1) is 62.9. The Labute approximate surface area is 826 Å². The number of benzene rings is 4. The third kappa shape index (κ3) is 15.7. The zero-order valence-electron chi connectivity index (χ0n) is 74.9. The molecule has 8 heterocycles. The van der Waals surface area contributed by atoms with Gasteiger partial charge in [-0.25, -0.2) is 27.5 Å². The highest BCUT2D eigenvalue weighted by Gasteiger charge is 2.58. The Morgan fingerprint density at radius 1 is 0.394 bits per heavy atom. The van der Waals surface area contributed by atoms with E-state index in [1.165, 1.54) is 114 Å². The maximum Gasteiger partial charge on any atom is 0.272 e. The van der Waals surface area contributed by atoms with Gasteiger partial charge in [0.05, 0.1) is 72.8 Å². The van der Waals surface area contributed by atoms with Crippen LogP contribution in [0.3, 0.4) is 0 Å². The van der Waals surface area contributed by atoms with E-state index in [0.29, 0.717) is 160 Å². The summed E-state index contributed by atoms with van der Waals surface area (Å²) in [6.45, 7) is 26.0. The molecule has 12 saturated carbocycles. The van der Waals surface area contributed by atoms with E-state index in [2.05, 4.69) is 123 Å². The maximum atomic E-state index is 14.7. The van der Waals surface area contributed by atoms with Crippen LogP contribution in [-0.4, -0.2) is 88.9 Å². The van der Waals surface area contributed by atoms with Gasteiger partial charge in [-0.1, -0.05) is 137 Å². The normalized spacial score (nSPS) is 24.2. The molecule has 12 fully saturated rings. The van der Waals surface area contributed by atoms with Crippen molar-refractivity contribution in [2.45, 2.75) is 172 Å². The van der Waals surface area contributed by atoms with Crippen molar-refractivity contribution < 1.29 is 28.0 Å². The molecule has 0 spiro atoms. The molecular weight excluding hydrogens is 1950 g/mol. The molecule has 4 amide bonds. The van der Waals surface area contributed by atoms with Crippen LogP contribution in [0, 0.1) is 118 Å². The lowest BCUT2D eigenvalue weighted by Gasteiger charge is -2.60. The molecule has 688 valence electrons. The monoisotopic (exact) mass is 2050 g/mol. The first-order valence-electron chi connectivity index (χ1n) is 46.1. The number of nitrogens with zero attached hydrogens (tertiary/aromatic N) is 8. The van der Waals surface area contributed by atoms with Gasteiger partial charge in [-0.3, -0.25) is 19.2 Å². The number of carbonyl (C=O) groups is 4. The lowest BCUT2D eigenvalue weighted by Crippen LogP contribution is -2.54. The molecule has 12 aromatic rings. The van der Waals surface area contributed by atoms with Crippen LogP contribution in [0.15, 0.2) is 101 Å². The summed E-state index contributed by atoms with van der Waals surface area (Å²) in [6, 6.07) is 27.9. The van der Waals surface area contributed by atoms with Crippen molar-refractivity contribution in [3.63, 3.8) is 0 Å². The molecule has 8 bridgehead atoms. The van der Waals surface area contributed by atoms with Gasteiger partial charge in [-0.15, -0.1) is 45.3 Å². The Hall–Kier alpha value is -7.23. The molecular formula is C102H102BrCl7F2N12O4S4. The smallest absolute Gasteiger partial charge is 0.272 e. The minimum atomic E-state index is -0.698. The average Bonchev–Trinajstić information content (AvgIpc) is 1.70. The van der Waals surface area contributed by atoms with Gasteiger partial charge in [0.15, 0.2) is 28.6 Å². The molecule has 0 saturated heterocycles. The third-order valence-electron chi connectivity index (χ3n) is 33.2. The number of hydrogen-bond acceptors (Lipinski definition) is 12. The van der Waals surface area contributed by atoms with Crippen LogP contribution >= 0.6 is 142 Å². The molecule has 16 nitrogen and oxygen atoms in total. The number of thiophene rings is 4. The van der Waals surface area contributed by atoms with Gasteiger partial charge in [-0.2, -0.15) is 20.4 Å². The van der Waals surface area contributed by atoms with Crippen molar-refractivity contribution >= 4 is 166 Å². The van der Waals surface area contributed by atoms with Crippen LogP contribution in [0.5, 0.6) is 0 Å². The maximum absolute atomic E-state index is 14.7. The summed E-state index contributed by atoms with van der Waals surface area (Å²) >= 11 is 54.6. The summed E-state index contributed by atoms with van der Waals surface area (Å²) in [5.41, 5.74) is 17.5. The second kappa shape index (κ2) is 34.4. The van der Waals surface area contributed by atoms with E-state index in [1.807, 2.05) is 46.6 Å². The highest BCUT2D eigenvalue weighted by molar-refractivity contribution is 9.11. The molecule has 132 heavy (non-hydrogen) atoms. The van der Waals surface area contributed by atoms with Gasteiger partial charge in [-0.05, 0) is 302 Å². The molecule has 16 aliphatic carbocycles. The molecule has 0 radical (unpaired) electrons. The van der Waals surface area contributed by atoms with Crippen molar-refractivity contribution in [1.82, 2.24) is 60.4 Å². The van der Waals surface area contributed by atoms with E-state index in [9.17, 15) is 28.0 Å². The van der Waals surface area contributed by atoms with Crippen LogP contribution in [0.1, 0.15) is 227 Å². The molecule has 4 aromatic carbocycles. The Balaban J connectivity index is 0.000000106. The quantitative estimate of drug-likeness (QED) is 0.0735. The lowest BCUT2D eigenvalue weighted by atomic mass is 9.45. The predicted molar refractivity (Wildman–Crippen MR) is 533 cm³/mol. The Morgan fingerprint density at radius 3 is 1.05 bits per heavy atom. The van der Waals surface area contributed by atoms with Gasteiger partial charge in [0.25, 0.3) is 23.6 Å². The molecule has 28 rings (SSSR count). The zero-order chi connectivity index (χ0) is 92.3. The number of rotatable bonds is 16. The van der Waals surface area contributed by atoms with Crippen molar-refractivity contribution in [2.75, 3.05) is 26.2 Å². The Morgan fingerprint density at radius 2 is 0.712 bits per heavy atom. The van der Waals surface area contributed by atoms with Crippen LogP contribution in [0.2, 0.25) is 34.5 Å². The predicted octanol–water partition coefficient (Wildman–Crippen LogP) is 27.5. The topological polar surface area (TPSA) is 188 Å². The van der Waals surface area contributed by atoms with Crippen LogP contribution in [0.4, 0.5) is 8.78 Å². The molecule has 12 unspecified atom stereocenters. The van der Waals surface area contributed by atoms with E-state index in [1.54, 1.807) is 69.0 Å². The van der Waals surface area contributed by atoms with E-state index in [-0.39, 0.29) is 29.3 Å². The molecule has 12 atom stereocenters. The average molecular weight is 2050 g/mol. The first kappa shape index (κ1) is 91.2. The second-order valence-electron chi connectivity index (χ2n) is 41.3. The van der Waals surface area contributed by atoms with Gasteiger partial charge < -0.3 is 21.3 Å². The van der Waals surface area contributed by atoms with Gasteiger partial charge >= 0.3 is 0 Å². The number of halogens is 10. The van der Waals surface area contributed by atoms with Crippen LogP contribution in [-0.2, 0) is 25.7 Å². The number of hydrogen-bond donors (Lipinski definition) is 4.